The Bertz CT molecular complexity index is 467. The van der Waals surface area contributed by atoms with Crippen molar-refractivity contribution in [2.45, 2.75) is 32.2 Å². The van der Waals surface area contributed by atoms with Crippen LogP contribution in [0.1, 0.15) is 25.3 Å². The molecule has 2 atom stereocenters. The number of piperidine rings is 1. The Balaban J connectivity index is 0.00000200. The predicted octanol–water partition coefficient (Wildman–Crippen LogP) is -2.99. The summed E-state index contributed by atoms with van der Waals surface area (Å²) in [5.41, 5.74) is 0.843. The number of hydrogen-bond donors (Lipinski definition) is 0. The van der Waals surface area contributed by atoms with Gasteiger partial charge >= 0.3 is 29.6 Å². The number of likely N-dealkylation sites (tertiary alicyclic amines) is 1. The number of nitrogens with zero attached hydrogens (tertiary/aromatic N) is 2. The van der Waals surface area contributed by atoms with Gasteiger partial charge in [0.2, 0.25) is 5.91 Å². The predicted molar refractivity (Wildman–Crippen MR) is 66.8 cm³/mol. The largest absolute Gasteiger partial charge is 1.00 e. The number of aliphatic carboxylic acids is 1. The van der Waals surface area contributed by atoms with Crippen LogP contribution in [0.25, 0.3) is 0 Å². The third-order valence-corrected chi connectivity index (χ3v) is 3.61. The maximum absolute atomic E-state index is 12.2. The van der Waals surface area contributed by atoms with Gasteiger partial charge in [-0.25, -0.2) is 0 Å². The minimum absolute atomic E-state index is 0. The van der Waals surface area contributed by atoms with Crippen LogP contribution >= 0.6 is 0 Å². The van der Waals surface area contributed by atoms with Gasteiger partial charge in [-0.3, -0.25) is 9.78 Å². The molecule has 1 fully saturated rings. The van der Waals surface area contributed by atoms with Gasteiger partial charge in [0, 0.05) is 36.9 Å². The molecule has 0 saturated carbocycles. The molecular weight excluding hydrogens is 267 g/mol. The Labute approximate surface area is 140 Å². The number of amides is 1. The minimum Gasteiger partial charge on any atom is -0.550 e. The van der Waals surface area contributed by atoms with Crippen molar-refractivity contribution in [3.05, 3.63) is 30.1 Å². The molecule has 1 aliphatic rings. The normalized spacial score (nSPS) is 21.9. The van der Waals surface area contributed by atoms with Crippen LogP contribution in [0.5, 0.6) is 0 Å². The zero-order valence-electron chi connectivity index (χ0n) is 11.9. The van der Waals surface area contributed by atoms with Crippen LogP contribution in [0.2, 0.25) is 0 Å². The van der Waals surface area contributed by atoms with Crippen molar-refractivity contribution < 1.29 is 44.3 Å². The molecule has 1 saturated heterocycles. The second kappa shape index (κ2) is 7.76. The van der Waals surface area contributed by atoms with Gasteiger partial charge in [0.1, 0.15) is 0 Å². The van der Waals surface area contributed by atoms with Gasteiger partial charge in [-0.2, -0.15) is 0 Å². The smallest absolute Gasteiger partial charge is 0.550 e. The third-order valence-electron chi connectivity index (χ3n) is 3.61. The summed E-state index contributed by atoms with van der Waals surface area (Å²) in [5, 5.41) is 10.9. The first-order valence-electron chi connectivity index (χ1n) is 6.47. The fourth-order valence-corrected chi connectivity index (χ4v) is 2.43. The molecule has 102 valence electrons. The summed E-state index contributed by atoms with van der Waals surface area (Å²) in [6.45, 7) is 2.20. The summed E-state index contributed by atoms with van der Waals surface area (Å²) in [7, 11) is 0. The van der Waals surface area contributed by atoms with Crippen molar-refractivity contribution in [1.82, 2.24) is 9.88 Å². The summed E-state index contributed by atoms with van der Waals surface area (Å²) in [6, 6.07) is 3.71. The number of rotatable bonds is 3. The van der Waals surface area contributed by atoms with E-state index in [4.69, 9.17) is 0 Å². The molecular formula is C14H17N2NaO3. The number of hydrogen-bond acceptors (Lipinski definition) is 4. The molecule has 0 radical (unpaired) electrons. The van der Waals surface area contributed by atoms with Crippen molar-refractivity contribution in [2.75, 3.05) is 6.54 Å². The molecule has 0 N–H and O–H groups in total. The van der Waals surface area contributed by atoms with Crippen molar-refractivity contribution in [3.8, 4) is 0 Å². The van der Waals surface area contributed by atoms with E-state index in [2.05, 4.69) is 4.98 Å². The first-order valence-corrected chi connectivity index (χ1v) is 6.47. The van der Waals surface area contributed by atoms with Crippen molar-refractivity contribution in [2.24, 2.45) is 5.92 Å². The SMILES string of the molecule is C[C@H]1CC[C@@H](C(=O)[O-])CN1C(=O)Cc1cccnc1.[Na+]. The van der Waals surface area contributed by atoms with E-state index < -0.39 is 11.9 Å². The average molecular weight is 284 g/mol. The van der Waals surface area contributed by atoms with E-state index in [9.17, 15) is 14.7 Å². The first-order chi connectivity index (χ1) is 9.08. The van der Waals surface area contributed by atoms with E-state index >= 15 is 0 Å². The molecule has 0 aromatic carbocycles. The van der Waals surface area contributed by atoms with Crippen LogP contribution in [0.4, 0.5) is 0 Å². The standard InChI is InChI=1S/C14H18N2O3.Na/c1-10-4-5-12(14(18)19)9-16(10)13(17)7-11-3-2-6-15-8-11;/h2-3,6,8,10,12H,4-5,7,9H2,1H3,(H,18,19);/q;+1/p-1/t10-,12+;/m0./s1. The molecule has 2 rings (SSSR count). The molecule has 1 aromatic heterocycles. The second-order valence-corrected chi connectivity index (χ2v) is 5.03. The Kier molecular flexibility index (Phi) is 6.65. The van der Waals surface area contributed by atoms with E-state index in [0.717, 1.165) is 5.56 Å². The van der Waals surface area contributed by atoms with E-state index in [1.807, 2.05) is 13.0 Å². The van der Waals surface area contributed by atoms with Crippen LogP contribution in [0, 0.1) is 5.92 Å². The Hall–Kier alpha value is -0.910. The number of carboxylic acid groups (broad SMARTS) is 1. The van der Waals surface area contributed by atoms with E-state index in [1.165, 1.54) is 0 Å². The van der Waals surface area contributed by atoms with E-state index in [0.29, 0.717) is 12.8 Å². The molecule has 6 heteroatoms. The van der Waals surface area contributed by atoms with Crippen molar-refractivity contribution >= 4 is 11.9 Å². The number of carboxylic acids is 1. The topological polar surface area (TPSA) is 73.3 Å². The van der Waals surface area contributed by atoms with Gasteiger partial charge in [0.15, 0.2) is 0 Å². The third kappa shape index (κ3) is 4.30. The van der Waals surface area contributed by atoms with E-state index in [-0.39, 0.29) is 54.5 Å². The summed E-state index contributed by atoms with van der Waals surface area (Å²) < 4.78 is 0. The maximum Gasteiger partial charge on any atom is 1.00 e. The Morgan fingerprint density at radius 1 is 1.45 bits per heavy atom. The second-order valence-electron chi connectivity index (χ2n) is 5.03. The molecule has 0 aliphatic carbocycles. The summed E-state index contributed by atoms with van der Waals surface area (Å²) in [4.78, 5) is 28.8. The Morgan fingerprint density at radius 3 is 2.80 bits per heavy atom. The molecule has 1 aromatic rings. The van der Waals surface area contributed by atoms with Gasteiger partial charge < -0.3 is 14.8 Å². The molecule has 1 amide bonds. The van der Waals surface area contributed by atoms with Crippen LogP contribution < -0.4 is 34.7 Å². The molecule has 0 bridgehead atoms. The maximum atomic E-state index is 12.2. The van der Waals surface area contributed by atoms with E-state index in [1.54, 1.807) is 23.4 Å². The van der Waals surface area contributed by atoms with Gasteiger partial charge in [-0.15, -0.1) is 0 Å². The van der Waals surface area contributed by atoms with Crippen LogP contribution in [-0.2, 0) is 16.0 Å². The molecule has 20 heavy (non-hydrogen) atoms. The molecule has 1 aliphatic heterocycles. The zero-order chi connectivity index (χ0) is 13.8. The van der Waals surface area contributed by atoms with Crippen LogP contribution in [-0.4, -0.2) is 34.3 Å². The van der Waals surface area contributed by atoms with Gasteiger partial charge in [-0.1, -0.05) is 6.07 Å². The molecule has 2 heterocycles. The van der Waals surface area contributed by atoms with Gasteiger partial charge in [-0.05, 0) is 31.4 Å². The van der Waals surface area contributed by atoms with Crippen LogP contribution in [0.3, 0.4) is 0 Å². The fourth-order valence-electron chi connectivity index (χ4n) is 2.43. The fraction of sp³-hybridized carbons (Fsp3) is 0.500. The summed E-state index contributed by atoms with van der Waals surface area (Å²) >= 11 is 0. The number of aromatic nitrogens is 1. The monoisotopic (exact) mass is 284 g/mol. The van der Waals surface area contributed by atoms with Crippen LogP contribution in [0.15, 0.2) is 24.5 Å². The number of pyridine rings is 1. The van der Waals surface area contributed by atoms with Crippen molar-refractivity contribution in [3.63, 3.8) is 0 Å². The molecule has 5 nitrogen and oxygen atoms in total. The first kappa shape index (κ1) is 17.1. The number of carbonyl (C=O) groups excluding carboxylic acids is 2. The van der Waals surface area contributed by atoms with Crippen molar-refractivity contribution in [1.29, 1.82) is 0 Å². The zero-order valence-corrected chi connectivity index (χ0v) is 13.9. The summed E-state index contributed by atoms with van der Waals surface area (Å²) in [6.07, 6.45) is 4.86. The Morgan fingerprint density at radius 2 is 2.20 bits per heavy atom. The molecule has 0 unspecified atom stereocenters. The average Bonchev–Trinajstić information content (AvgIpc) is 2.40. The number of carbonyl (C=O) groups is 2. The summed E-state index contributed by atoms with van der Waals surface area (Å²) in [5.74, 6) is -1.66. The minimum atomic E-state index is -1.06. The quantitative estimate of drug-likeness (QED) is 0.555. The molecule has 0 spiro atoms. The van der Waals surface area contributed by atoms with Gasteiger partial charge in [0.05, 0.1) is 6.42 Å². The van der Waals surface area contributed by atoms with Gasteiger partial charge in [0.25, 0.3) is 0 Å².